The molecule has 1 amide bonds. The summed E-state index contributed by atoms with van der Waals surface area (Å²) in [7, 11) is 0. The minimum atomic E-state index is -0.556. The summed E-state index contributed by atoms with van der Waals surface area (Å²) in [5.41, 5.74) is 1.65. The van der Waals surface area contributed by atoms with Crippen LogP contribution in [-0.2, 0) is 0 Å². The van der Waals surface area contributed by atoms with Crippen LogP contribution in [0.3, 0.4) is 0 Å². The molecule has 1 fully saturated rings. The van der Waals surface area contributed by atoms with Gasteiger partial charge < -0.3 is 14.5 Å². The predicted octanol–water partition coefficient (Wildman–Crippen LogP) is 5.43. The Bertz CT molecular complexity index is 1230. The number of halogens is 1. The third-order valence-electron chi connectivity index (χ3n) is 5.50. The van der Waals surface area contributed by atoms with Gasteiger partial charge in [0.15, 0.2) is 4.88 Å². The SMILES string of the molecule is Cc1nc(Oc2cc(Cl)ccc2[N+](=O)[O-])c(C(=O)N2CCN(C3CC3)c3ccccc32)s1. The maximum absolute atomic E-state index is 13.6. The molecule has 1 aromatic heterocycles. The van der Waals surface area contributed by atoms with Crippen molar-refractivity contribution in [1.82, 2.24) is 4.98 Å². The first-order chi connectivity index (χ1) is 15.4. The zero-order valence-corrected chi connectivity index (χ0v) is 18.7. The average Bonchev–Trinajstić information content (AvgIpc) is 3.55. The fraction of sp³-hybridized carbons (Fsp3) is 0.273. The van der Waals surface area contributed by atoms with E-state index in [-0.39, 0.29) is 28.2 Å². The molecular formula is C22H19ClN4O4S. The molecule has 0 N–H and O–H groups in total. The van der Waals surface area contributed by atoms with E-state index in [1.165, 1.54) is 42.4 Å². The van der Waals surface area contributed by atoms with Gasteiger partial charge in [0.05, 0.1) is 21.3 Å². The molecule has 0 radical (unpaired) electrons. The van der Waals surface area contributed by atoms with E-state index in [0.29, 0.717) is 22.5 Å². The lowest BCUT2D eigenvalue weighted by atomic mass is 10.1. The molecule has 3 aromatic rings. The number of carbonyl (C=O) groups excluding carboxylic acids is 1. The Morgan fingerprint density at radius 1 is 1.22 bits per heavy atom. The van der Waals surface area contributed by atoms with Gasteiger partial charge in [-0.3, -0.25) is 14.9 Å². The molecule has 10 heteroatoms. The molecule has 1 aliphatic carbocycles. The first kappa shape index (κ1) is 20.7. The standard InChI is InChI=1S/C22H19ClN4O4S/c1-13-24-21(31-19-12-14(23)6-9-18(19)27(29)30)20(32-13)22(28)26-11-10-25(15-7-8-15)16-4-2-3-5-17(16)26/h2-6,9,12,15H,7-8,10-11H2,1H3. The van der Waals surface area contributed by atoms with Crippen molar-refractivity contribution in [2.24, 2.45) is 0 Å². The van der Waals surface area contributed by atoms with Gasteiger partial charge in [-0.25, -0.2) is 4.98 Å². The minimum Gasteiger partial charge on any atom is -0.430 e. The highest BCUT2D eigenvalue weighted by atomic mass is 35.5. The van der Waals surface area contributed by atoms with Crippen molar-refractivity contribution in [1.29, 1.82) is 0 Å². The highest BCUT2D eigenvalue weighted by molar-refractivity contribution is 7.14. The summed E-state index contributed by atoms with van der Waals surface area (Å²) in [6.07, 6.45) is 2.35. The topological polar surface area (TPSA) is 88.8 Å². The monoisotopic (exact) mass is 470 g/mol. The fourth-order valence-corrected chi connectivity index (χ4v) is 4.88. The molecule has 0 spiro atoms. The Hall–Kier alpha value is -3.17. The quantitative estimate of drug-likeness (QED) is 0.364. The second kappa shape index (κ2) is 8.07. The highest BCUT2D eigenvalue weighted by Gasteiger charge is 2.37. The molecule has 1 aliphatic heterocycles. The maximum Gasteiger partial charge on any atom is 0.311 e. The zero-order valence-electron chi connectivity index (χ0n) is 17.2. The van der Waals surface area contributed by atoms with Gasteiger partial charge in [0.1, 0.15) is 0 Å². The number of aryl methyl sites for hydroxylation is 1. The van der Waals surface area contributed by atoms with Gasteiger partial charge in [0.25, 0.3) is 5.91 Å². The van der Waals surface area contributed by atoms with Gasteiger partial charge in [-0.15, -0.1) is 11.3 Å². The Kier molecular flexibility index (Phi) is 5.22. The van der Waals surface area contributed by atoms with Gasteiger partial charge >= 0.3 is 5.69 Å². The number of para-hydroxylation sites is 2. The summed E-state index contributed by atoms with van der Waals surface area (Å²) in [4.78, 5) is 33.2. The normalized spacial score (nSPS) is 15.4. The van der Waals surface area contributed by atoms with Crippen LogP contribution in [0.4, 0.5) is 17.1 Å². The molecule has 0 atom stereocenters. The number of hydrogen-bond donors (Lipinski definition) is 0. The van der Waals surface area contributed by atoms with Crippen molar-refractivity contribution in [2.75, 3.05) is 22.9 Å². The van der Waals surface area contributed by atoms with Gasteiger partial charge in [-0.1, -0.05) is 23.7 Å². The summed E-state index contributed by atoms with van der Waals surface area (Å²) in [5.74, 6) is -0.246. The molecule has 5 rings (SSSR count). The molecule has 8 nitrogen and oxygen atoms in total. The number of anilines is 2. The Morgan fingerprint density at radius 2 is 1.97 bits per heavy atom. The lowest BCUT2D eigenvalue weighted by Gasteiger charge is -2.37. The number of nitro benzene ring substituents is 1. The Balaban J connectivity index is 1.49. The van der Waals surface area contributed by atoms with Crippen molar-refractivity contribution in [3.8, 4) is 11.6 Å². The van der Waals surface area contributed by atoms with Crippen molar-refractivity contribution in [3.05, 3.63) is 67.5 Å². The molecule has 0 saturated heterocycles. The fourth-order valence-electron chi connectivity index (χ4n) is 3.92. The number of fused-ring (bicyclic) bond motifs is 1. The molecule has 2 aliphatic rings. The number of nitro groups is 1. The van der Waals surface area contributed by atoms with Crippen LogP contribution < -0.4 is 14.5 Å². The maximum atomic E-state index is 13.6. The summed E-state index contributed by atoms with van der Waals surface area (Å²) in [5, 5.41) is 12.3. The second-order valence-electron chi connectivity index (χ2n) is 7.71. The average molecular weight is 471 g/mol. The van der Waals surface area contributed by atoms with E-state index >= 15 is 0 Å². The van der Waals surface area contributed by atoms with E-state index < -0.39 is 4.92 Å². The minimum absolute atomic E-state index is 0.0463. The number of aromatic nitrogens is 1. The number of amides is 1. The number of nitrogens with zero attached hydrogens (tertiary/aromatic N) is 4. The van der Waals surface area contributed by atoms with Crippen molar-refractivity contribution >= 4 is 45.9 Å². The van der Waals surface area contributed by atoms with E-state index in [2.05, 4.69) is 9.88 Å². The molecule has 0 unspecified atom stereocenters. The van der Waals surface area contributed by atoms with E-state index in [1.807, 2.05) is 24.3 Å². The summed E-state index contributed by atoms with van der Waals surface area (Å²) >= 11 is 7.22. The smallest absolute Gasteiger partial charge is 0.311 e. The molecule has 2 heterocycles. The van der Waals surface area contributed by atoms with E-state index in [9.17, 15) is 14.9 Å². The first-order valence-corrected chi connectivity index (χ1v) is 11.4. The Morgan fingerprint density at radius 3 is 2.69 bits per heavy atom. The van der Waals surface area contributed by atoms with Gasteiger partial charge in [0, 0.05) is 36.3 Å². The van der Waals surface area contributed by atoms with Crippen molar-refractivity contribution in [3.63, 3.8) is 0 Å². The van der Waals surface area contributed by atoms with Crippen LogP contribution in [0.2, 0.25) is 5.02 Å². The predicted molar refractivity (Wildman–Crippen MR) is 124 cm³/mol. The van der Waals surface area contributed by atoms with E-state index in [4.69, 9.17) is 16.3 Å². The van der Waals surface area contributed by atoms with Gasteiger partial charge in [-0.05, 0) is 38.0 Å². The summed E-state index contributed by atoms with van der Waals surface area (Å²) < 4.78 is 5.79. The number of thiazole rings is 1. The van der Waals surface area contributed by atoms with Crippen LogP contribution in [0.5, 0.6) is 11.6 Å². The zero-order chi connectivity index (χ0) is 22.4. The highest BCUT2D eigenvalue weighted by Crippen LogP contribution is 2.42. The number of benzene rings is 2. The van der Waals surface area contributed by atoms with Gasteiger partial charge in [-0.2, -0.15) is 0 Å². The number of rotatable bonds is 5. The number of hydrogen-bond acceptors (Lipinski definition) is 7. The van der Waals surface area contributed by atoms with E-state index in [0.717, 1.165) is 17.9 Å². The van der Waals surface area contributed by atoms with Crippen LogP contribution in [0, 0.1) is 17.0 Å². The molecule has 1 saturated carbocycles. The van der Waals surface area contributed by atoms with E-state index in [1.54, 1.807) is 11.8 Å². The lowest BCUT2D eigenvalue weighted by molar-refractivity contribution is -0.385. The lowest BCUT2D eigenvalue weighted by Crippen LogP contribution is -2.44. The second-order valence-corrected chi connectivity index (χ2v) is 9.35. The summed E-state index contributed by atoms with van der Waals surface area (Å²) in [6.45, 7) is 3.06. The summed E-state index contributed by atoms with van der Waals surface area (Å²) in [6, 6.07) is 12.5. The van der Waals surface area contributed by atoms with Crippen LogP contribution in [0.25, 0.3) is 0 Å². The molecule has 2 aromatic carbocycles. The van der Waals surface area contributed by atoms with Crippen molar-refractivity contribution in [2.45, 2.75) is 25.8 Å². The number of ether oxygens (including phenoxy) is 1. The molecule has 0 bridgehead atoms. The van der Waals surface area contributed by atoms with Gasteiger partial charge in [0.2, 0.25) is 11.6 Å². The molecule has 164 valence electrons. The van der Waals surface area contributed by atoms with Crippen LogP contribution in [-0.4, -0.2) is 34.9 Å². The third-order valence-corrected chi connectivity index (χ3v) is 6.68. The molecular weight excluding hydrogens is 452 g/mol. The van der Waals surface area contributed by atoms with Crippen LogP contribution in [0.1, 0.15) is 27.5 Å². The molecule has 32 heavy (non-hydrogen) atoms. The Labute approximate surface area is 193 Å². The van der Waals surface area contributed by atoms with Crippen LogP contribution >= 0.6 is 22.9 Å². The largest absolute Gasteiger partial charge is 0.430 e. The first-order valence-electron chi connectivity index (χ1n) is 10.2. The number of carbonyl (C=O) groups is 1. The van der Waals surface area contributed by atoms with Crippen molar-refractivity contribution < 1.29 is 14.5 Å². The third kappa shape index (κ3) is 3.78. The van der Waals surface area contributed by atoms with Crippen LogP contribution in [0.15, 0.2) is 42.5 Å².